The van der Waals surface area contributed by atoms with Crippen LogP contribution < -0.4 is 4.74 Å². The molecule has 6 rings (SSSR count). The van der Waals surface area contributed by atoms with Crippen LogP contribution >= 0.6 is 0 Å². The first-order valence-corrected chi connectivity index (χ1v) is 8.16. The third-order valence-electron chi connectivity index (χ3n) is 5.17. The molecule has 118 valence electrons. The molecule has 0 aliphatic carbocycles. The van der Waals surface area contributed by atoms with Crippen molar-refractivity contribution in [1.82, 2.24) is 0 Å². The number of rotatable bonds is 0. The smallest absolute Gasteiger partial charge is 0.216 e. The van der Waals surface area contributed by atoms with E-state index in [1.807, 2.05) is 24.3 Å². The maximum atomic E-state index is 10.3. The van der Waals surface area contributed by atoms with Crippen molar-refractivity contribution in [2.24, 2.45) is 0 Å². The van der Waals surface area contributed by atoms with E-state index in [-0.39, 0.29) is 11.5 Å². The van der Waals surface area contributed by atoms with Crippen LogP contribution in [0.3, 0.4) is 0 Å². The molecule has 1 heterocycles. The molecule has 0 saturated heterocycles. The highest BCUT2D eigenvalue weighted by atomic mass is 16.6. The predicted molar refractivity (Wildman–Crippen MR) is 99.9 cm³/mol. The van der Waals surface area contributed by atoms with Crippen LogP contribution in [0.4, 0.5) is 0 Å². The summed E-state index contributed by atoms with van der Waals surface area (Å²) in [5, 5.41) is 28.6. The summed E-state index contributed by atoms with van der Waals surface area (Å²) in [7, 11) is 0. The molecule has 0 atom stereocenters. The van der Waals surface area contributed by atoms with Gasteiger partial charge in [0.1, 0.15) is 0 Å². The lowest BCUT2D eigenvalue weighted by atomic mass is 9.95. The fourth-order valence-electron chi connectivity index (χ4n) is 3.90. The van der Waals surface area contributed by atoms with E-state index in [4.69, 9.17) is 4.74 Å². The maximum absolute atomic E-state index is 10.3. The molecule has 0 saturated carbocycles. The molecule has 0 spiro atoms. The summed E-state index contributed by atoms with van der Waals surface area (Å²) in [6, 6.07) is 20.7. The summed E-state index contributed by atoms with van der Waals surface area (Å²) in [6.07, 6.45) is 0. The van der Waals surface area contributed by atoms with Gasteiger partial charge in [0.05, 0.1) is 0 Å². The highest BCUT2D eigenvalue weighted by Crippen LogP contribution is 2.62. The van der Waals surface area contributed by atoms with Crippen LogP contribution in [0.5, 0.6) is 23.0 Å². The summed E-state index contributed by atoms with van der Waals surface area (Å²) in [6.45, 7) is 0. The van der Waals surface area contributed by atoms with Crippen LogP contribution in [0.2, 0.25) is 0 Å². The van der Waals surface area contributed by atoms with Crippen LogP contribution in [-0.2, 0) is 0 Å². The molecule has 0 fully saturated rings. The molecule has 5 aromatic rings. The molecular formula is C22H12O3. The number of hydrogen-bond donors (Lipinski definition) is 2. The van der Waals surface area contributed by atoms with Gasteiger partial charge in [-0.2, -0.15) is 0 Å². The molecule has 0 aromatic heterocycles. The molecule has 25 heavy (non-hydrogen) atoms. The Morgan fingerprint density at radius 3 is 2.24 bits per heavy atom. The number of phenols is 2. The van der Waals surface area contributed by atoms with Gasteiger partial charge in [0.2, 0.25) is 11.5 Å². The van der Waals surface area contributed by atoms with Gasteiger partial charge in [-0.1, -0.05) is 42.5 Å². The predicted octanol–water partition coefficient (Wildman–Crippen LogP) is 5.82. The first-order chi connectivity index (χ1) is 12.2. The molecule has 0 amide bonds. The Morgan fingerprint density at radius 1 is 0.560 bits per heavy atom. The first-order valence-electron chi connectivity index (χ1n) is 8.16. The van der Waals surface area contributed by atoms with Gasteiger partial charge in [0, 0.05) is 10.8 Å². The Balaban J connectivity index is 1.87. The van der Waals surface area contributed by atoms with E-state index in [0.29, 0.717) is 16.9 Å². The van der Waals surface area contributed by atoms with Crippen LogP contribution in [0, 0.1) is 0 Å². The second-order valence-electron chi connectivity index (χ2n) is 6.53. The van der Waals surface area contributed by atoms with Crippen molar-refractivity contribution in [3.63, 3.8) is 0 Å². The van der Waals surface area contributed by atoms with E-state index in [1.54, 1.807) is 0 Å². The molecule has 1 aliphatic heterocycles. The molecule has 0 radical (unpaired) electrons. The molecule has 0 unspecified atom stereocenters. The van der Waals surface area contributed by atoms with Crippen LogP contribution in [0.25, 0.3) is 43.1 Å². The largest absolute Gasteiger partial charge is 0.504 e. The van der Waals surface area contributed by atoms with Crippen molar-refractivity contribution in [1.29, 1.82) is 0 Å². The van der Waals surface area contributed by atoms with Gasteiger partial charge in [-0.25, -0.2) is 0 Å². The highest BCUT2D eigenvalue weighted by molar-refractivity contribution is 6.21. The van der Waals surface area contributed by atoms with Crippen molar-refractivity contribution in [2.45, 2.75) is 0 Å². The minimum absolute atomic E-state index is 0.119. The maximum Gasteiger partial charge on any atom is 0.216 e. The number of benzene rings is 5. The van der Waals surface area contributed by atoms with Gasteiger partial charge in [-0.3, -0.25) is 0 Å². The number of aromatic hydroxyl groups is 2. The summed E-state index contributed by atoms with van der Waals surface area (Å²) >= 11 is 0. The first kappa shape index (κ1) is 12.9. The average Bonchev–Trinajstić information content (AvgIpc) is 3.44. The van der Waals surface area contributed by atoms with Crippen molar-refractivity contribution >= 4 is 43.1 Å². The van der Waals surface area contributed by atoms with Crippen LogP contribution in [0.1, 0.15) is 0 Å². The number of hydrogen-bond acceptors (Lipinski definition) is 3. The zero-order chi connectivity index (χ0) is 16.7. The molecule has 3 heteroatoms. The minimum Gasteiger partial charge on any atom is -0.504 e. The fraction of sp³-hybridized carbons (Fsp3) is 0. The Labute approximate surface area is 142 Å². The molecule has 3 nitrogen and oxygen atoms in total. The Hall–Kier alpha value is -3.46. The lowest BCUT2D eigenvalue weighted by molar-refractivity contribution is 0.403. The average molecular weight is 324 g/mol. The highest BCUT2D eigenvalue weighted by Gasteiger charge is 2.33. The number of ether oxygens (including phenoxy) is 1. The van der Waals surface area contributed by atoms with Gasteiger partial charge in [0.15, 0.2) is 11.5 Å². The van der Waals surface area contributed by atoms with E-state index < -0.39 is 0 Å². The molecule has 1 aliphatic rings. The summed E-state index contributed by atoms with van der Waals surface area (Å²) in [4.78, 5) is 0. The molecule has 5 aromatic carbocycles. The van der Waals surface area contributed by atoms with Crippen molar-refractivity contribution in [3.05, 3.63) is 60.7 Å². The van der Waals surface area contributed by atoms with Gasteiger partial charge in [-0.15, -0.1) is 0 Å². The van der Waals surface area contributed by atoms with Crippen LogP contribution in [0.15, 0.2) is 60.7 Å². The third kappa shape index (κ3) is 1.55. The van der Waals surface area contributed by atoms with E-state index in [9.17, 15) is 10.2 Å². The minimum atomic E-state index is -0.173. The zero-order valence-corrected chi connectivity index (χ0v) is 13.1. The topological polar surface area (TPSA) is 53.0 Å². The summed E-state index contributed by atoms with van der Waals surface area (Å²) < 4.78 is 5.46. The van der Waals surface area contributed by atoms with E-state index in [0.717, 1.165) is 16.2 Å². The molecule has 2 N–H and O–H groups in total. The second kappa shape index (κ2) is 4.14. The van der Waals surface area contributed by atoms with Crippen LogP contribution in [-0.4, -0.2) is 10.2 Å². The lowest BCUT2D eigenvalue weighted by Crippen LogP contribution is -1.81. The second-order valence-corrected chi connectivity index (χ2v) is 6.53. The van der Waals surface area contributed by atoms with Crippen molar-refractivity contribution in [3.8, 4) is 23.0 Å². The lowest BCUT2D eigenvalue weighted by Gasteiger charge is -2.09. The van der Waals surface area contributed by atoms with Gasteiger partial charge >= 0.3 is 0 Å². The van der Waals surface area contributed by atoms with E-state index in [2.05, 4.69) is 36.4 Å². The standard InChI is InChI=1S/C22H12O3/c23-19-15-8-7-13-9-12-6-5-11-3-1-2-4-14(11)16(12)10-17(13)18(15)21-22(25-21)20(19)24/h1-10,23-24H. The Kier molecular flexibility index (Phi) is 2.13. The Bertz CT molecular complexity index is 1380. The van der Waals surface area contributed by atoms with E-state index >= 15 is 0 Å². The van der Waals surface area contributed by atoms with E-state index in [1.165, 1.54) is 21.5 Å². The van der Waals surface area contributed by atoms with Gasteiger partial charge in [-0.05, 0) is 50.5 Å². The molecule has 0 bridgehead atoms. The summed E-state index contributed by atoms with van der Waals surface area (Å²) in [5.41, 5.74) is 0. The van der Waals surface area contributed by atoms with Crippen molar-refractivity contribution < 1.29 is 14.9 Å². The SMILES string of the molecule is Oc1c2c(c3c(ccc4cc5ccc6ccccc6c5cc43)c1O)O2. The molecular weight excluding hydrogens is 312 g/mol. The Morgan fingerprint density at radius 2 is 1.32 bits per heavy atom. The number of phenolic OH excluding ortho intramolecular Hbond substituents is 2. The quantitative estimate of drug-likeness (QED) is 0.160. The van der Waals surface area contributed by atoms with Gasteiger partial charge < -0.3 is 14.9 Å². The fourth-order valence-corrected chi connectivity index (χ4v) is 3.90. The zero-order valence-electron chi connectivity index (χ0n) is 13.1. The summed E-state index contributed by atoms with van der Waals surface area (Å²) in [5.74, 6) is 0.755. The number of fused-ring (bicyclic) bond motifs is 8. The monoisotopic (exact) mass is 324 g/mol. The van der Waals surface area contributed by atoms with Crippen molar-refractivity contribution in [2.75, 3.05) is 0 Å². The van der Waals surface area contributed by atoms with Gasteiger partial charge in [0.25, 0.3) is 0 Å². The third-order valence-corrected chi connectivity index (χ3v) is 5.17. The normalized spacial score (nSPS) is 12.6.